The molecule has 5 nitrogen and oxygen atoms in total. The number of nitrogens with zero attached hydrogens (tertiary/aromatic N) is 4. The van der Waals surface area contributed by atoms with Crippen molar-refractivity contribution in [2.75, 3.05) is 0 Å². The zero-order chi connectivity index (χ0) is 55.6. The summed E-state index contributed by atoms with van der Waals surface area (Å²) in [6, 6.07) is 12.3. The second-order valence-electron chi connectivity index (χ2n) is 12.7. The Hall–Kier alpha value is -7.41. The third kappa shape index (κ3) is 5.74. The number of fused-ring (bicyclic) bond motifs is 6. The summed E-state index contributed by atoms with van der Waals surface area (Å²) in [5.74, 6) is -1.90. The van der Waals surface area contributed by atoms with Crippen LogP contribution in [0.25, 0.3) is 43.6 Å². The molecule has 10 rings (SSSR count). The molecule has 0 aliphatic rings. The van der Waals surface area contributed by atoms with Crippen LogP contribution in [0, 0.1) is 5.41 Å². The number of nitrogens with one attached hydrogen (secondary N) is 1. The van der Waals surface area contributed by atoms with E-state index in [1.54, 1.807) is 54.6 Å². The highest BCUT2D eigenvalue weighted by molar-refractivity contribution is 7.19. The Morgan fingerprint density at radius 1 is 0.491 bits per heavy atom. The zero-order valence-corrected chi connectivity index (χ0v) is 30.5. The average molecular weight is 768 g/mol. The summed E-state index contributed by atoms with van der Waals surface area (Å²) in [4.78, 5) is 9.13. The number of benzene rings is 8. The number of hydrogen-bond acceptors (Lipinski definition) is 1. The number of amidine groups is 1. The predicted molar refractivity (Wildman–Crippen MR) is 242 cm³/mol. The first-order valence-corrected chi connectivity index (χ1v) is 19.5. The van der Waals surface area contributed by atoms with E-state index in [2.05, 4.69) is 9.98 Å². The van der Waals surface area contributed by atoms with Crippen LogP contribution in [0.3, 0.4) is 0 Å². The van der Waals surface area contributed by atoms with Crippen molar-refractivity contribution in [3.63, 3.8) is 0 Å². The molecule has 0 aliphatic carbocycles. The number of aromatic nitrogens is 2. The smallest absolute Gasteiger partial charge is 0.238 e. The van der Waals surface area contributed by atoms with Crippen LogP contribution in [0.1, 0.15) is 33.0 Å². The Balaban J connectivity index is 1.39. The Morgan fingerprint density at radius 3 is 1.39 bits per heavy atom. The summed E-state index contributed by atoms with van der Waals surface area (Å²) in [6.45, 7) is 0. The van der Waals surface area contributed by atoms with Crippen LogP contribution in [-0.4, -0.2) is 35.3 Å². The van der Waals surface area contributed by atoms with Gasteiger partial charge in [0.2, 0.25) is 5.96 Å². The van der Waals surface area contributed by atoms with Crippen LogP contribution in [0.2, 0.25) is 0 Å². The van der Waals surface area contributed by atoms with Gasteiger partial charge in [-0.15, -0.1) is 0 Å². The summed E-state index contributed by atoms with van der Waals surface area (Å²) in [5, 5.41) is 10.3. The van der Waals surface area contributed by atoms with E-state index in [1.807, 2.05) is 36.4 Å². The van der Waals surface area contributed by atoms with Crippen molar-refractivity contribution in [3.8, 4) is 0 Å². The molecule has 270 valence electrons. The van der Waals surface area contributed by atoms with Gasteiger partial charge in [-0.1, -0.05) is 188 Å². The van der Waals surface area contributed by atoms with Crippen LogP contribution in [0.4, 0.5) is 0 Å². The third-order valence-corrected chi connectivity index (χ3v) is 14.3. The summed E-state index contributed by atoms with van der Waals surface area (Å²) in [5.41, 5.74) is -2.54. The Bertz CT molecular complexity index is 4040. The SMILES string of the molecule is [2H]c1c([2H])c(C(=N)N=C(/N=C/n2c3c([2H])c([2H])c([2H])c([2H])c3c3c([2H])c([2H])c([2H])c([2H])c32)n2c3c([2H])c([2H])c([2H])c([2H])c3c3c([2H])c([2H])c([2H])c([2H])c32)c([2H])c([Si](c2ccccc2)(c2ccccc2)c2ccccc2)c1[2H]. The lowest BCUT2D eigenvalue weighted by molar-refractivity contribution is 1.21. The van der Waals surface area contributed by atoms with Crippen molar-refractivity contribution in [1.82, 2.24) is 9.13 Å². The Labute approximate surface area is 359 Å². The lowest BCUT2D eigenvalue weighted by Crippen LogP contribution is -2.74. The monoisotopic (exact) mass is 767 g/mol. The highest BCUT2D eigenvalue weighted by atomic mass is 28.3. The van der Waals surface area contributed by atoms with Crippen LogP contribution < -0.4 is 20.7 Å². The largest absolute Gasteiger partial charge is 0.300 e. The van der Waals surface area contributed by atoms with E-state index >= 15 is 0 Å². The van der Waals surface area contributed by atoms with Gasteiger partial charge >= 0.3 is 0 Å². The van der Waals surface area contributed by atoms with E-state index in [4.69, 9.17) is 19.2 Å². The highest BCUT2D eigenvalue weighted by Crippen LogP contribution is 2.30. The van der Waals surface area contributed by atoms with Gasteiger partial charge in [-0.2, -0.15) is 4.99 Å². The first kappa shape index (κ1) is 19.0. The minimum atomic E-state index is -3.93. The molecule has 0 radical (unpaired) electrons. The van der Waals surface area contributed by atoms with Crippen LogP contribution in [-0.2, 0) is 0 Å². The van der Waals surface area contributed by atoms with Gasteiger partial charge in [-0.05, 0) is 44.9 Å². The summed E-state index contributed by atoms with van der Waals surface area (Å²) in [7, 11) is -3.93. The maximum atomic E-state index is 10.1. The second-order valence-corrected chi connectivity index (χ2v) is 16.4. The maximum Gasteiger partial charge on any atom is 0.238 e. The van der Waals surface area contributed by atoms with Crippen LogP contribution in [0.5, 0.6) is 0 Å². The number of para-hydroxylation sites is 4. The van der Waals surface area contributed by atoms with E-state index in [1.165, 1.54) is 0 Å². The van der Waals surface area contributed by atoms with Crippen molar-refractivity contribution in [2.24, 2.45) is 9.98 Å². The number of aliphatic imine (C=N–C) groups is 2. The molecule has 0 aliphatic heterocycles. The second kappa shape index (κ2) is 14.3. The van der Waals surface area contributed by atoms with Crippen LogP contribution >= 0.6 is 0 Å². The Kier molecular flexibility index (Phi) is 4.77. The lowest BCUT2D eigenvalue weighted by atomic mass is 10.2. The van der Waals surface area contributed by atoms with Gasteiger partial charge < -0.3 is 0 Å². The summed E-state index contributed by atoms with van der Waals surface area (Å²) >= 11 is 0. The van der Waals surface area contributed by atoms with E-state index in [-0.39, 0.29) is 16.0 Å². The standard InChI is InChI=1S/C51H37N5Si/c52-50(37-19-18-26-41(35-37)57(38-20-4-1-5-21-38,39-22-6-2-7-23-39)40-24-8-3-9-25-40)54-51(56-48-33-16-12-29-44(48)45-30-13-17-34-49(45)56)53-36-55-46-31-14-10-27-42(46)43-28-11-15-32-47(43)55/h1-36,52H/b52-50?,53-36+,54-51?/i10D,11D,12D,13D,14D,15D,16D,17D,18D,19D,26D,27D,28D,29D,30D,31D,32D,33D,34D,35D. The molecule has 0 spiro atoms. The van der Waals surface area contributed by atoms with Gasteiger partial charge in [0.1, 0.15) is 6.34 Å². The first-order valence-electron chi connectivity index (χ1n) is 27.5. The topological polar surface area (TPSA) is 58.4 Å². The van der Waals surface area contributed by atoms with Crippen molar-refractivity contribution in [1.29, 1.82) is 5.41 Å². The van der Waals surface area contributed by atoms with Crippen molar-refractivity contribution >= 4 is 90.6 Å². The summed E-state index contributed by atoms with van der Waals surface area (Å²) < 4.78 is 182. The van der Waals surface area contributed by atoms with Crippen molar-refractivity contribution in [3.05, 3.63) is 217 Å². The van der Waals surface area contributed by atoms with Gasteiger partial charge in [-0.25, -0.2) is 4.99 Å². The van der Waals surface area contributed by atoms with E-state index in [0.717, 1.165) is 15.5 Å². The Morgan fingerprint density at radius 2 is 0.912 bits per heavy atom. The van der Waals surface area contributed by atoms with Gasteiger partial charge in [-0.3, -0.25) is 14.5 Å². The van der Waals surface area contributed by atoms with Gasteiger partial charge in [0.05, 0.1) is 49.5 Å². The lowest BCUT2D eigenvalue weighted by Gasteiger charge is -2.34. The molecule has 2 heterocycles. The molecule has 0 fully saturated rings. The molecule has 1 N–H and O–H groups in total. The van der Waals surface area contributed by atoms with Gasteiger partial charge in [0.25, 0.3) is 0 Å². The molecule has 0 saturated carbocycles. The minimum Gasteiger partial charge on any atom is -0.300 e. The zero-order valence-electron chi connectivity index (χ0n) is 49.5. The molecule has 10 aromatic rings. The predicted octanol–water partition coefficient (Wildman–Crippen LogP) is 9.09. The average Bonchev–Trinajstić information content (AvgIpc) is 4.03. The fourth-order valence-corrected chi connectivity index (χ4v) is 11.7. The molecule has 0 bridgehead atoms. The normalized spacial score (nSPS) is 17.2. The van der Waals surface area contributed by atoms with Crippen molar-refractivity contribution < 1.29 is 27.4 Å². The molecular formula is C51H37N5Si. The molecule has 0 amide bonds. The minimum absolute atomic E-state index is 0.0178. The van der Waals surface area contributed by atoms with E-state index in [0.29, 0.717) is 15.6 Å². The molecular weight excluding hydrogens is 711 g/mol. The van der Waals surface area contributed by atoms with Gasteiger partial charge in [0, 0.05) is 27.1 Å². The molecule has 2 aromatic heterocycles. The molecule has 0 saturated heterocycles. The molecule has 0 atom stereocenters. The molecule has 6 heteroatoms. The van der Waals surface area contributed by atoms with Gasteiger partial charge in [0.15, 0.2) is 13.9 Å². The fraction of sp³-hybridized carbons (Fsp3) is 0. The fourth-order valence-electron chi connectivity index (χ4n) is 7.23. The third-order valence-electron chi connectivity index (χ3n) is 9.66. The highest BCUT2D eigenvalue weighted by Gasteiger charge is 2.41. The van der Waals surface area contributed by atoms with Crippen molar-refractivity contribution in [2.45, 2.75) is 0 Å². The quantitative estimate of drug-likeness (QED) is 0.0760. The van der Waals surface area contributed by atoms with E-state index < -0.39 is 179 Å². The molecule has 57 heavy (non-hydrogen) atoms. The first-order chi connectivity index (χ1) is 36.5. The summed E-state index contributed by atoms with van der Waals surface area (Å²) in [6.07, 6.45) is 0.808. The number of rotatable bonds is 6. The van der Waals surface area contributed by atoms with E-state index in [9.17, 15) is 13.6 Å². The molecule has 0 unspecified atom stereocenters. The van der Waals surface area contributed by atoms with Crippen LogP contribution in [0.15, 0.2) is 222 Å². The number of hydrogen-bond donors (Lipinski definition) is 1. The molecule has 8 aromatic carbocycles. The maximum absolute atomic E-state index is 10.1.